The maximum absolute atomic E-state index is 13.2. The molecule has 0 aromatic heterocycles. The van der Waals surface area contributed by atoms with E-state index in [2.05, 4.69) is 6.58 Å². The number of carbonyl (C=O) groups is 2. The first kappa shape index (κ1) is 15.4. The van der Waals surface area contributed by atoms with E-state index in [1.165, 1.54) is 0 Å². The lowest BCUT2D eigenvalue weighted by Gasteiger charge is -2.32. The van der Waals surface area contributed by atoms with Crippen LogP contribution in [0.2, 0.25) is 5.02 Å². The number of carboxylic acid groups (broad SMARTS) is 1. The number of hydrogen-bond acceptors (Lipinski definition) is 3. The lowest BCUT2D eigenvalue weighted by molar-refractivity contribution is -0.146. The lowest BCUT2D eigenvalue weighted by Crippen LogP contribution is -2.45. The molecule has 2 bridgehead atoms. The Bertz CT molecular complexity index is 776. The van der Waals surface area contributed by atoms with E-state index in [1.54, 1.807) is 41.3 Å². The molecule has 0 saturated carbocycles. The molecule has 2 fully saturated rings. The van der Waals surface area contributed by atoms with Crippen molar-refractivity contribution in [2.24, 2.45) is 11.8 Å². The van der Waals surface area contributed by atoms with Gasteiger partial charge in [0.1, 0.15) is 11.5 Å². The normalized spacial score (nSPS) is 36.2. The van der Waals surface area contributed by atoms with Gasteiger partial charge in [-0.25, -0.2) is 0 Å². The van der Waals surface area contributed by atoms with Crippen LogP contribution in [0.15, 0.2) is 49.1 Å². The Morgan fingerprint density at radius 2 is 2.21 bits per heavy atom. The third-order valence-electron chi connectivity index (χ3n) is 5.21. The predicted octanol–water partition coefficient (Wildman–Crippen LogP) is 2.66. The molecule has 1 aromatic rings. The summed E-state index contributed by atoms with van der Waals surface area (Å²) in [7, 11) is 0. The highest BCUT2D eigenvalue weighted by Gasteiger charge is 2.71. The van der Waals surface area contributed by atoms with E-state index in [0.29, 0.717) is 17.1 Å². The number of amides is 1. The highest BCUT2D eigenvalue weighted by atomic mass is 35.5. The van der Waals surface area contributed by atoms with Gasteiger partial charge in [0.15, 0.2) is 0 Å². The van der Waals surface area contributed by atoms with Gasteiger partial charge >= 0.3 is 5.97 Å². The molecule has 24 heavy (non-hydrogen) atoms. The molecule has 1 amide bonds. The minimum atomic E-state index is -1.01. The number of ether oxygens (including phenoxy) is 1. The second-order valence-corrected chi connectivity index (χ2v) is 6.74. The van der Waals surface area contributed by atoms with E-state index >= 15 is 0 Å². The minimum absolute atomic E-state index is 0.255. The van der Waals surface area contributed by atoms with Gasteiger partial charge in [-0.05, 0) is 18.6 Å². The van der Waals surface area contributed by atoms with Gasteiger partial charge in [0.25, 0.3) is 0 Å². The Labute approximate surface area is 144 Å². The molecule has 3 heterocycles. The summed E-state index contributed by atoms with van der Waals surface area (Å²) in [5.41, 5.74) is -0.359. The molecule has 4 rings (SSSR count). The Morgan fingerprint density at radius 3 is 2.88 bits per heavy atom. The first-order valence-electron chi connectivity index (χ1n) is 7.79. The summed E-state index contributed by atoms with van der Waals surface area (Å²) in [6, 6.07) is 6.70. The number of nitrogens with zero attached hydrogens (tertiary/aromatic N) is 1. The summed E-state index contributed by atoms with van der Waals surface area (Å²) in [6.45, 7) is 3.78. The predicted molar refractivity (Wildman–Crippen MR) is 88.9 cm³/mol. The fraction of sp³-hybridized carbons (Fsp3) is 0.333. The van der Waals surface area contributed by atoms with E-state index in [0.717, 1.165) is 0 Å². The van der Waals surface area contributed by atoms with E-state index < -0.39 is 29.5 Å². The van der Waals surface area contributed by atoms with Crippen LogP contribution in [0.4, 0.5) is 5.69 Å². The van der Waals surface area contributed by atoms with Gasteiger partial charge in [-0.15, -0.1) is 6.58 Å². The van der Waals surface area contributed by atoms with Crippen molar-refractivity contribution in [2.75, 3.05) is 4.90 Å². The Kier molecular flexibility index (Phi) is 3.34. The van der Waals surface area contributed by atoms with Crippen molar-refractivity contribution in [2.45, 2.75) is 24.2 Å². The molecule has 1 aromatic carbocycles. The first-order valence-corrected chi connectivity index (χ1v) is 8.17. The molecule has 3 aliphatic rings. The van der Waals surface area contributed by atoms with Crippen molar-refractivity contribution in [1.29, 1.82) is 0 Å². The van der Waals surface area contributed by atoms with E-state index in [1.807, 2.05) is 6.08 Å². The lowest BCUT2D eigenvalue weighted by atomic mass is 9.74. The zero-order valence-electron chi connectivity index (χ0n) is 12.8. The zero-order valence-corrected chi connectivity index (χ0v) is 13.5. The molecular formula is C18H16ClNO4. The number of aliphatic carboxylic acids is 1. The van der Waals surface area contributed by atoms with Crippen LogP contribution in [0.5, 0.6) is 0 Å². The van der Waals surface area contributed by atoms with Crippen molar-refractivity contribution in [1.82, 2.24) is 0 Å². The average Bonchev–Trinajstić information content (AvgIpc) is 3.18. The molecule has 6 heteroatoms. The molecule has 0 aliphatic carbocycles. The van der Waals surface area contributed by atoms with Crippen LogP contribution in [0.1, 0.15) is 6.42 Å². The topological polar surface area (TPSA) is 66.8 Å². The number of hydrogen-bond donors (Lipinski definition) is 1. The molecule has 5 unspecified atom stereocenters. The van der Waals surface area contributed by atoms with E-state index in [-0.39, 0.29) is 11.9 Å². The third kappa shape index (κ3) is 1.79. The van der Waals surface area contributed by atoms with Gasteiger partial charge in [-0.1, -0.05) is 42.0 Å². The monoisotopic (exact) mass is 345 g/mol. The van der Waals surface area contributed by atoms with Crippen molar-refractivity contribution in [3.05, 3.63) is 54.1 Å². The fourth-order valence-corrected chi connectivity index (χ4v) is 4.54. The molecule has 5 nitrogen and oxygen atoms in total. The summed E-state index contributed by atoms with van der Waals surface area (Å²) < 4.78 is 6.04. The summed E-state index contributed by atoms with van der Waals surface area (Å²) in [4.78, 5) is 26.5. The Morgan fingerprint density at radius 1 is 1.46 bits per heavy atom. The number of anilines is 1. The number of para-hydroxylation sites is 1. The molecule has 124 valence electrons. The molecule has 1 spiro atoms. The van der Waals surface area contributed by atoms with Gasteiger partial charge in [0, 0.05) is 0 Å². The number of rotatable bonds is 4. The van der Waals surface area contributed by atoms with Crippen LogP contribution in [-0.4, -0.2) is 34.7 Å². The number of benzene rings is 1. The van der Waals surface area contributed by atoms with Crippen LogP contribution in [0.3, 0.4) is 0 Å². The molecule has 1 N–H and O–H groups in total. The Hall–Kier alpha value is -2.11. The standard InChI is InChI=1S/C18H16ClNO4/c1-2-5-13-18-9-8-12(24-18)14(17(22)23)15(18)16(21)20(13)11-7-4-3-6-10(11)19/h2-4,6-9,12-15H,1,5H2,(H,22,23). The van der Waals surface area contributed by atoms with E-state index in [4.69, 9.17) is 16.3 Å². The van der Waals surface area contributed by atoms with Crippen molar-refractivity contribution < 1.29 is 19.4 Å². The quantitative estimate of drug-likeness (QED) is 0.852. The van der Waals surface area contributed by atoms with Gasteiger partial charge < -0.3 is 14.7 Å². The minimum Gasteiger partial charge on any atom is -0.481 e. The van der Waals surface area contributed by atoms with Crippen LogP contribution in [0.25, 0.3) is 0 Å². The summed E-state index contributed by atoms with van der Waals surface area (Å²) in [6.07, 6.45) is 5.26. The highest BCUT2D eigenvalue weighted by Crippen LogP contribution is 2.56. The average molecular weight is 346 g/mol. The number of halogens is 1. The van der Waals surface area contributed by atoms with Crippen LogP contribution < -0.4 is 4.90 Å². The van der Waals surface area contributed by atoms with Gasteiger partial charge in [0.2, 0.25) is 5.91 Å². The first-order chi connectivity index (χ1) is 11.5. The molecule has 3 aliphatic heterocycles. The van der Waals surface area contributed by atoms with Crippen molar-refractivity contribution >= 4 is 29.2 Å². The van der Waals surface area contributed by atoms with Crippen LogP contribution in [0, 0.1) is 11.8 Å². The van der Waals surface area contributed by atoms with E-state index in [9.17, 15) is 14.7 Å². The summed E-state index contributed by atoms with van der Waals surface area (Å²) in [5.74, 6) is -2.88. The fourth-order valence-electron chi connectivity index (χ4n) is 4.31. The van der Waals surface area contributed by atoms with Crippen molar-refractivity contribution in [3.8, 4) is 0 Å². The SMILES string of the molecule is C=CCC1N(c2ccccc2Cl)C(=O)C2C(C(=O)O)C3C=CC21O3. The maximum Gasteiger partial charge on any atom is 0.310 e. The van der Waals surface area contributed by atoms with Crippen molar-refractivity contribution in [3.63, 3.8) is 0 Å². The van der Waals surface area contributed by atoms with Gasteiger partial charge in [-0.3, -0.25) is 9.59 Å². The zero-order chi connectivity index (χ0) is 17.1. The van der Waals surface area contributed by atoms with Gasteiger partial charge in [0.05, 0.1) is 28.8 Å². The molecule has 2 saturated heterocycles. The van der Waals surface area contributed by atoms with Crippen LogP contribution >= 0.6 is 11.6 Å². The maximum atomic E-state index is 13.2. The largest absolute Gasteiger partial charge is 0.481 e. The Balaban J connectivity index is 1.87. The second kappa shape index (κ2) is 5.19. The number of carbonyl (C=O) groups excluding carboxylic acids is 1. The molecular weight excluding hydrogens is 330 g/mol. The second-order valence-electron chi connectivity index (χ2n) is 6.34. The molecule has 5 atom stereocenters. The molecule has 0 radical (unpaired) electrons. The number of fused-ring (bicyclic) bond motifs is 1. The van der Waals surface area contributed by atoms with Gasteiger partial charge in [-0.2, -0.15) is 0 Å². The smallest absolute Gasteiger partial charge is 0.310 e. The third-order valence-corrected chi connectivity index (χ3v) is 5.53. The van der Waals surface area contributed by atoms with Crippen LogP contribution in [-0.2, 0) is 14.3 Å². The highest BCUT2D eigenvalue weighted by molar-refractivity contribution is 6.34. The summed E-state index contributed by atoms with van der Waals surface area (Å²) in [5, 5.41) is 10.0. The number of carboxylic acids is 1. The summed E-state index contributed by atoms with van der Waals surface area (Å²) >= 11 is 6.29.